The minimum absolute atomic E-state index is 0.205. The van der Waals surface area contributed by atoms with Crippen LogP contribution in [0.1, 0.15) is 42.5 Å². The summed E-state index contributed by atoms with van der Waals surface area (Å²) in [4.78, 5) is 12.7. The quantitative estimate of drug-likeness (QED) is 0.610. The number of hydrogen-bond donors (Lipinski definition) is 2. The highest BCUT2D eigenvalue weighted by Gasteiger charge is 2.17. The van der Waals surface area contributed by atoms with E-state index < -0.39 is 0 Å². The number of para-hydroxylation sites is 1. The molecule has 0 bridgehead atoms. The Morgan fingerprint density at radius 1 is 0.731 bits per heavy atom. The zero-order chi connectivity index (χ0) is 18.4. The molecule has 3 heteroatoms. The Morgan fingerprint density at radius 3 is 1.77 bits per heavy atom. The first-order chi connectivity index (χ1) is 12.6. The fourth-order valence-electron chi connectivity index (χ4n) is 3.05. The maximum Gasteiger partial charge on any atom is 0.319 e. The summed E-state index contributed by atoms with van der Waals surface area (Å²) in [5, 5.41) is 6.13. The van der Waals surface area contributed by atoms with Gasteiger partial charge < -0.3 is 10.6 Å². The summed E-state index contributed by atoms with van der Waals surface area (Å²) in [5.41, 5.74) is 4.07. The highest BCUT2D eigenvalue weighted by atomic mass is 16.2. The zero-order valence-corrected chi connectivity index (χ0v) is 15.1. The molecule has 0 aliphatic rings. The number of anilines is 1. The van der Waals surface area contributed by atoms with Gasteiger partial charge in [-0.2, -0.15) is 0 Å². The van der Waals surface area contributed by atoms with Gasteiger partial charge in [0, 0.05) is 5.69 Å². The zero-order valence-electron chi connectivity index (χ0n) is 15.1. The lowest BCUT2D eigenvalue weighted by Gasteiger charge is -2.21. The smallest absolute Gasteiger partial charge is 0.319 e. The lowest BCUT2D eigenvalue weighted by Crippen LogP contribution is -2.33. The summed E-state index contributed by atoms with van der Waals surface area (Å²) in [6, 6.07) is 27.5. The van der Waals surface area contributed by atoms with Gasteiger partial charge in [0.05, 0.1) is 6.04 Å². The van der Waals surface area contributed by atoms with Crippen molar-refractivity contribution >= 4 is 11.7 Å². The average molecular weight is 344 g/mol. The first-order valence-electron chi connectivity index (χ1n) is 8.91. The monoisotopic (exact) mass is 344 g/mol. The number of rotatable bonds is 5. The number of carbonyl (C=O) groups is 1. The number of amides is 2. The molecule has 0 saturated carbocycles. The van der Waals surface area contributed by atoms with Crippen LogP contribution in [0.2, 0.25) is 0 Å². The second-order valence-corrected chi connectivity index (χ2v) is 6.59. The van der Waals surface area contributed by atoms with Crippen LogP contribution in [0.5, 0.6) is 0 Å². The standard InChI is InChI=1S/C23H24N2O/c1-17(2)20-15-9-10-16-21(20)24-23(26)25-22(18-11-5-3-6-12-18)19-13-7-4-8-14-19/h3-17,22H,1-2H3,(H2,24,25,26). The molecule has 0 heterocycles. The molecule has 0 aliphatic heterocycles. The minimum atomic E-state index is -0.212. The van der Waals surface area contributed by atoms with Gasteiger partial charge >= 0.3 is 6.03 Å². The SMILES string of the molecule is CC(C)c1ccccc1NC(=O)NC(c1ccccc1)c1ccccc1. The minimum Gasteiger partial charge on any atom is -0.327 e. The molecule has 26 heavy (non-hydrogen) atoms. The van der Waals surface area contributed by atoms with Crippen LogP contribution in [0, 0.1) is 0 Å². The summed E-state index contributed by atoms with van der Waals surface area (Å²) in [6.45, 7) is 4.24. The number of hydrogen-bond acceptors (Lipinski definition) is 1. The highest BCUT2D eigenvalue weighted by molar-refractivity contribution is 5.90. The molecule has 0 aliphatic carbocycles. The molecular formula is C23H24N2O. The third-order valence-corrected chi connectivity index (χ3v) is 4.37. The van der Waals surface area contributed by atoms with Gasteiger partial charge in [-0.15, -0.1) is 0 Å². The van der Waals surface area contributed by atoms with Crippen molar-refractivity contribution in [2.24, 2.45) is 0 Å². The van der Waals surface area contributed by atoms with Crippen LogP contribution in [0.25, 0.3) is 0 Å². The molecule has 0 aromatic heterocycles. The normalized spacial score (nSPS) is 10.8. The van der Waals surface area contributed by atoms with Gasteiger partial charge in [-0.05, 0) is 28.7 Å². The molecule has 3 nitrogen and oxygen atoms in total. The van der Waals surface area contributed by atoms with Gasteiger partial charge in [-0.3, -0.25) is 0 Å². The van der Waals surface area contributed by atoms with Crippen molar-refractivity contribution in [1.82, 2.24) is 5.32 Å². The maximum absolute atomic E-state index is 12.7. The van der Waals surface area contributed by atoms with Gasteiger partial charge in [0.15, 0.2) is 0 Å². The lowest BCUT2D eigenvalue weighted by atomic mass is 9.99. The topological polar surface area (TPSA) is 41.1 Å². The molecule has 0 fully saturated rings. The Labute approximate surface area is 155 Å². The molecule has 0 saturated heterocycles. The van der Waals surface area contributed by atoms with Crippen molar-refractivity contribution < 1.29 is 4.79 Å². The van der Waals surface area contributed by atoms with E-state index >= 15 is 0 Å². The first-order valence-corrected chi connectivity index (χ1v) is 8.91. The predicted molar refractivity (Wildman–Crippen MR) is 107 cm³/mol. The molecule has 3 aromatic rings. The summed E-state index contributed by atoms with van der Waals surface area (Å²) in [5.74, 6) is 0.338. The molecule has 2 amide bonds. The van der Waals surface area contributed by atoms with E-state index in [-0.39, 0.29) is 12.1 Å². The summed E-state index contributed by atoms with van der Waals surface area (Å²) >= 11 is 0. The maximum atomic E-state index is 12.7. The van der Waals surface area contributed by atoms with Gasteiger partial charge in [0.1, 0.15) is 0 Å². The Hall–Kier alpha value is -3.07. The second kappa shape index (κ2) is 8.34. The van der Waals surface area contributed by atoms with E-state index in [2.05, 4.69) is 24.5 Å². The van der Waals surface area contributed by atoms with Crippen LogP contribution < -0.4 is 10.6 Å². The number of nitrogens with one attached hydrogen (secondary N) is 2. The fraction of sp³-hybridized carbons (Fsp3) is 0.174. The molecule has 132 valence electrons. The van der Waals surface area contributed by atoms with E-state index in [4.69, 9.17) is 0 Å². The van der Waals surface area contributed by atoms with E-state index in [0.717, 1.165) is 22.4 Å². The summed E-state index contributed by atoms with van der Waals surface area (Å²) in [6.07, 6.45) is 0. The Bertz CT molecular complexity index is 805. The summed E-state index contributed by atoms with van der Waals surface area (Å²) in [7, 11) is 0. The lowest BCUT2D eigenvalue weighted by molar-refractivity contribution is 0.250. The van der Waals surface area contributed by atoms with Gasteiger partial charge in [0.25, 0.3) is 0 Å². The number of benzene rings is 3. The van der Waals surface area contributed by atoms with Gasteiger partial charge in [-0.25, -0.2) is 4.79 Å². The van der Waals surface area contributed by atoms with Gasteiger partial charge in [0.2, 0.25) is 0 Å². The van der Waals surface area contributed by atoms with Crippen molar-refractivity contribution in [1.29, 1.82) is 0 Å². The molecular weight excluding hydrogens is 320 g/mol. The summed E-state index contributed by atoms with van der Waals surface area (Å²) < 4.78 is 0. The Morgan fingerprint density at radius 2 is 1.23 bits per heavy atom. The van der Waals surface area contributed by atoms with Crippen LogP contribution >= 0.6 is 0 Å². The highest BCUT2D eigenvalue weighted by Crippen LogP contribution is 2.25. The second-order valence-electron chi connectivity index (χ2n) is 6.59. The number of carbonyl (C=O) groups excluding carboxylic acids is 1. The van der Waals surface area contributed by atoms with Crippen molar-refractivity contribution in [2.75, 3.05) is 5.32 Å². The van der Waals surface area contributed by atoms with E-state index in [1.54, 1.807) is 0 Å². The van der Waals surface area contributed by atoms with E-state index in [0.29, 0.717) is 5.92 Å². The number of urea groups is 1. The van der Waals surface area contributed by atoms with Crippen molar-refractivity contribution in [3.63, 3.8) is 0 Å². The van der Waals surface area contributed by atoms with Crippen molar-refractivity contribution in [2.45, 2.75) is 25.8 Å². The van der Waals surface area contributed by atoms with Crippen LogP contribution in [0.4, 0.5) is 10.5 Å². The fourth-order valence-corrected chi connectivity index (χ4v) is 3.05. The Kier molecular flexibility index (Phi) is 5.69. The molecule has 0 radical (unpaired) electrons. The van der Waals surface area contributed by atoms with Crippen LogP contribution in [-0.2, 0) is 0 Å². The average Bonchev–Trinajstić information content (AvgIpc) is 2.68. The van der Waals surface area contributed by atoms with E-state index in [1.165, 1.54) is 0 Å². The first kappa shape index (κ1) is 17.7. The third kappa shape index (κ3) is 4.31. The Balaban J connectivity index is 1.83. The van der Waals surface area contributed by atoms with Crippen LogP contribution in [0.3, 0.4) is 0 Å². The van der Waals surface area contributed by atoms with E-state index in [1.807, 2.05) is 84.9 Å². The van der Waals surface area contributed by atoms with Crippen LogP contribution in [0.15, 0.2) is 84.9 Å². The van der Waals surface area contributed by atoms with Gasteiger partial charge in [-0.1, -0.05) is 92.7 Å². The van der Waals surface area contributed by atoms with Crippen molar-refractivity contribution in [3.8, 4) is 0 Å². The van der Waals surface area contributed by atoms with E-state index in [9.17, 15) is 4.79 Å². The largest absolute Gasteiger partial charge is 0.327 e. The molecule has 0 unspecified atom stereocenters. The molecule has 3 aromatic carbocycles. The predicted octanol–water partition coefficient (Wildman–Crippen LogP) is 5.72. The van der Waals surface area contributed by atoms with Crippen LogP contribution in [-0.4, -0.2) is 6.03 Å². The third-order valence-electron chi connectivity index (χ3n) is 4.37. The van der Waals surface area contributed by atoms with Crippen molar-refractivity contribution in [3.05, 3.63) is 102 Å². The molecule has 0 atom stereocenters. The molecule has 2 N–H and O–H groups in total. The molecule has 3 rings (SSSR count). The molecule has 0 spiro atoms.